The van der Waals surface area contributed by atoms with Crippen molar-refractivity contribution in [1.82, 2.24) is 5.32 Å². The van der Waals surface area contributed by atoms with Crippen molar-refractivity contribution in [2.24, 2.45) is 0 Å². The Bertz CT molecular complexity index is 500. The molecule has 1 aromatic carbocycles. The van der Waals surface area contributed by atoms with Crippen molar-refractivity contribution in [1.29, 1.82) is 0 Å². The van der Waals surface area contributed by atoms with Crippen LogP contribution in [0.2, 0.25) is 0 Å². The average Bonchev–Trinajstić information content (AvgIpc) is 2.49. The molecular formula is C14H18N2O4. The van der Waals surface area contributed by atoms with Crippen molar-refractivity contribution >= 4 is 11.6 Å². The molecule has 6 heteroatoms. The fraction of sp³-hybridized carbons (Fsp3) is 0.500. The molecule has 0 radical (unpaired) electrons. The lowest BCUT2D eigenvalue weighted by Gasteiger charge is -2.31. The van der Waals surface area contributed by atoms with E-state index in [1.807, 2.05) is 25.2 Å². The minimum atomic E-state index is -0.132. The summed E-state index contributed by atoms with van der Waals surface area (Å²) in [5.74, 6) is 0.567. The standard InChI is InChI=1S/C14H18N2O4/c1-15-14(12-7-18-4-5-19-12)9-2-3-11-10(6-9)16-13(17)8-20-11/h2-3,6,12,14-15H,4-5,7-8H2,1H3,(H,16,17). The third-order valence-corrected chi connectivity index (χ3v) is 3.52. The number of ether oxygens (including phenoxy) is 3. The summed E-state index contributed by atoms with van der Waals surface area (Å²) in [5.41, 5.74) is 1.74. The molecule has 2 aliphatic rings. The summed E-state index contributed by atoms with van der Waals surface area (Å²) >= 11 is 0. The van der Waals surface area contributed by atoms with Crippen LogP contribution in [0.25, 0.3) is 0 Å². The van der Waals surface area contributed by atoms with E-state index in [0.29, 0.717) is 31.3 Å². The molecule has 6 nitrogen and oxygen atoms in total. The maximum atomic E-state index is 11.4. The number of hydrogen-bond acceptors (Lipinski definition) is 5. The van der Waals surface area contributed by atoms with Crippen LogP contribution in [0, 0.1) is 0 Å². The number of benzene rings is 1. The number of carbonyl (C=O) groups excluding carboxylic acids is 1. The highest BCUT2D eigenvalue weighted by molar-refractivity contribution is 5.95. The van der Waals surface area contributed by atoms with Gasteiger partial charge in [0.1, 0.15) is 11.9 Å². The van der Waals surface area contributed by atoms with Crippen LogP contribution in [-0.4, -0.2) is 45.5 Å². The molecule has 1 fully saturated rings. The summed E-state index contributed by atoms with van der Waals surface area (Å²) in [6.07, 6.45) is -0.0352. The Morgan fingerprint density at radius 2 is 2.30 bits per heavy atom. The third-order valence-electron chi connectivity index (χ3n) is 3.52. The molecular weight excluding hydrogens is 260 g/mol. The highest BCUT2D eigenvalue weighted by Crippen LogP contribution is 2.32. The van der Waals surface area contributed by atoms with Crippen LogP contribution in [-0.2, 0) is 14.3 Å². The predicted molar refractivity (Wildman–Crippen MR) is 72.9 cm³/mol. The first-order valence-corrected chi connectivity index (χ1v) is 6.71. The Morgan fingerprint density at radius 3 is 3.05 bits per heavy atom. The summed E-state index contributed by atoms with van der Waals surface area (Å²) in [7, 11) is 1.89. The fourth-order valence-electron chi connectivity index (χ4n) is 2.56. The van der Waals surface area contributed by atoms with Crippen LogP contribution < -0.4 is 15.4 Å². The Labute approximate surface area is 117 Å². The van der Waals surface area contributed by atoms with E-state index in [-0.39, 0.29) is 24.7 Å². The number of likely N-dealkylation sites (N-methyl/N-ethyl adjacent to an activating group) is 1. The minimum Gasteiger partial charge on any atom is -0.482 e. The van der Waals surface area contributed by atoms with Gasteiger partial charge in [-0.15, -0.1) is 0 Å². The molecule has 108 valence electrons. The molecule has 1 saturated heterocycles. The van der Waals surface area contributed by atoms with Gasteiger partial charge in [0, 0.05) is 0 Å². The summed E-state index contributed by atoms with van der Waals surface area (Å²) in [5, 5.41) is 6.07. The van der Waals surface area contributed by atoms with Crippen molar-refractivity contribution < 1.29 is 19.0 Å². The van der Waals surface area contributed by atoms with E-state index in [1.54, 1.807) is 0 Å². The monoisotopic (exact) mass is 278 g/mol. The molecule has 20 heavy (non-hydrogen) atoms. The molecule has 2 heterocycles. The second kappa shape index (κ2) is 5.78. The van der Waals surface area contributed by atoms with E-state index in [0.717, 1.165) is 5.56 Å². The first kappa shape index (κ1) is 13.4. The maximum absolute atomic E-state index is 11.4. The zero-order chi connectivity index (χ0) is 13.9. The van der Waals surface area contributed by atoms with Crippen molar-refractivity contribution in [3.63, 3.8) is 0 Å². The highest BCUT2D eigenvalue weighted by Gasteiger charge is 2.27. The topological polar surface area (TPSA) is 68.8 Å². The summed E-state index contributed by atoms with van der Waals surface area (Å²) < 4.78 is 16.6. The van der Waals surface area contributed by atoms with Crippen LogP contribution in [0.3, 0.4) is 0 Å². The van der Waals surface area contributed by atoms with E-state index in [2.05, 4.69) is 10.6 Å². The number of hydrogen-bond donors (Lipinski definition) is 2. The number of carbonyl (C=O) groups is 1. The van der Waals surface area contributed by atoms with E-state index in [1.165, 1.54) is 0 Å². The van der Waals surface area contributed by atoms with Crippen molar-refractivity contribution in [3.8, 4) is 5.75 Å². The SMILES string of the molecule is CNC(c1ccc2c(c1)NC(=O)CO2)C1COCCO1. The summed E-state index contributed by atoms with van der Waals surface area (Å²) in [6, 6.07) is 5.79. The summed E-state index contributed by atoms with van der Waals surface area (Å²) in [4.78, 5) is 11.4. The van der Waals surface area contributed by atoms with Gasteiger partial charge in [-0.3, -0.25) is 4.79 Å². The van der Waals surface area contributed by atoms with Crippen LogP contribution in [0.4, 0.5) is 5.69 Å². The molecule has 2 aliphatic heterocycles. The number of fused-ring (bicyclic) bond motifs is 1. The maximum Gasteiger partial charge on any atom is 0.262 e. The lowest BCUT2D eigenvalue weighted by Crippen LogP contribution is -2.39. The van der Waals surface area contributed by atoms with Crippen molar-refractivity contribution in [2.45, 2.75) is 12.1 Å². The van der Waals surface area contributed by atoms with Gasteiger partial charge in [-0.1, -0.05) is 6.07 Å². The number of rotatable bonds is 3. The van der Waals surface area contributed by atoms with Gasteiger partial charge >= 0.3 is 0 Å². The van der Waals surface area contributed by atoms with Gasteiger partial charge in [0.05, 0.1) is 31.5 Å². The highest BCUT2D eigenvalue weighted by atomic mass is 16.6. The molecule has 0 saturated carbocycles. The largest absolute Gasteiger partial charge is 0.482 e. The first-order valence-electron chi connectivity index (χ1n) is 6.71. The van der Waals surface area contributed by atoms with Crippen LogP contribution >= 0.6 is 0 Å². The Hall–Kier alpha value is -1.63. The third kappa shape index (κ3) is 2.63. The van der Waals surface area contributed by atoms with Crippen molar-refractivity contribution in [2.75, 3.05) is 38.8 Å². The van der Waals surface area contributed by atoms with E-state index < -0.39 is 0 Å². The van der Waals surface area contributed by atoms with E-state index in [9.17, 15) is 4.79 Å². The Kier molecular flexibility index (Phi) is 3.86. The second-order valence-electron chi connectivity index (χ2n) is 4.84. The molecule has 1 aromatic rings. The molecule has 3 rings (SSSR count). The number of amides is 1. The van der Waals surface area contributed by atoms with Gasteiger partial charge in [0.25, 0.3) is 5.91 Å². The second-order valence-corrected chi connectivity index (χ2v) is 4.84. The van der Waals surface area contributed by atoms with Gasteiger partial charge in [-0.2, -0.15) is 0 Å². The van der Waals surface area contributed by atoms with Gasteiger partial charge < -0.3 is 24.8 Å². The lowest BCUT2D eigenvalue weighted by molar-refractivity contribution is -0.118. The quantitative estimate of drug-likeness (QED) is 0.851. The van der Waals surface area contributed by atoms with Crippen LogP contribution in [0.1, 0.15) is 11.6 Å². The molecule has 0 spiro atoms. The molecule has 0 aliphatic carbocycles. The van der Waals surface area contributed by atoms with E-state index >= 15 is 0 Å². The minimum absolute atomic E-state index is 0.0134. The van der Waals surface area contributed by atoms with Crippen molar-refractivity contribution in [3.05, 3.63) is 23.8 Å². The molecule has 0 bridgehead atoms. The fourth-order valence-corrected chi connectivity index (χ4v) is 2.56. The molecule has 0 aromatic heterocycles. The van der Waals surface area contributed by atoms with Gasteiger partial charge in [-0.05, 0) is 24.7 Å². The predicted octanol–water partition coefficient (Wildman–Crippen LogP) is 0.693. The number of anilines is 1. The lowest BCUT2D eigenvalue weighted by atomic mass is 10.00. The molecule has 2 unspecified atom stereocenters. The molecule has 1 amide bonds. The molecule has 2 atom stereocenters. The van der Waals surface area contributed by atoms with Crippen LogP contribution in [0.15, 0.2) is 18.2 Å². The molecule has 2 N–H and O–H groups in total. The zero-order valence-corrected chi connectivity index (χ0v) is 11.3. The normalized spacial score (nSPS) is 23.4. The summed E-state index contributed by atoms with van der Waals surface area (Å²) in [6.45, 7) is 1.88. The van der Waals surface area contributed by atoms with Gasteiger partial charge in [0.2, 0.25) is 0 Å². The Morgan fingerprint density at radius 1 is 1.40 bits per heavy atom. The van der Waals surface area contributed by atoms with Gasteiger partial charge in [-0.25, -0.2) is 0 Å². The number of nitrogens with one attached hydrogen (secondary N) is 2. The van der Waals surface area contributed by atoms with Crippen LogP contribution in [0.5, 0.6) is 5.75 Å². The van der Waals surface area contributed by atoms with Gasteiger partial charge in [0.15, 0.2) is 6.61 Å². The smallest absolute Gasteiger partial charge is 0.262 e. The average molecular weight is 278 g/mol. The first-order chi connectivity index (χ1) is 9.78. The zero-order valence-electron chi connectivity index (χ0n) is 11.3. The Balaban J connectivity index is 1.84. The van der Waals surface area contributed by atoms with E-state index in [4.69, 9.17) is 14.2 Å².